The first-order valence-electron chi connectivity index (χ1n) is 3.88. The Balaban J connectivity index is 2.89. The van der Waals surface area contributed by atoms with Crippen molar-refractivity contribution in [1.82, 2.24) is 4.98 Å². The Labute approximate surface area is 81.6 Å². The van der Waals surface area contributed by atoms with Crippen molar-refractivity contribution in [3.63, 3.8) is 0 Å². The number of rotatable bonds is 2. The number of hydrogen-bond acceptors (Lipinski definition) is 3. The maximum Gasteiger partial charge on any atom is 0.128 e. The molecular weight excluding hydrogens is 176 g/mol. The van der Waals surface area contributed by atoms with E-state index in [1.165, 1.54) is 6.08 Å². The molecule has 0 unspecified atom stereocenters. The largest absolute Gasteiger partial charge is 0.389 e. The number of aromatic nitrogens is 1. The van der Waals surface area contributed by atoms with Gasteiger partial charge >= 0.3 is 0 Å². The Morgan fingerprint density at radius 2 is 2.21 bits per heavy atom. The molecule has 0 aliphatic rings. The van der Waals surface area contributed by atoms with Gasteiger partial charge in [0.25, 0.3) is 0 Å². The first-order chi connectivity index (χ1) is 6.77. The van der Waals surface area contributed by atoms with Crippen LogP contribution in [0.25, 0.3) is 6.08 Å². The molecule has 0 saturated heterocycles. The fraction of sp³-hybridized carbons (Fsp3) is 0. The van der Waals surface area contributed by atoms with Crippen LogP contribution in [0.15, 0.2) is 35.8 Å². The molecule has 4 nitrogen and oxygen atoms in total. The summed E-state index contributed by atoms with van der Waals surface area (Å²) in [6, 6.07) is 5.41. The normalized spacial score (nSPS) is 11.9. The lowest BCUT2D eigenvalue weighted by Gasteiger charge is -1.89. The van der Waals surface area contributed by atoms with Crippen molar-refractivity contribution in [2.24, 2.45) is 5.73 Å². The third kappa shape index (κ3) is 2.26. The zero-order valence-corrected chi connectivity index (χ0v) is 7.36. The molecule has 0 radical (unpaired) electrons. The molecule has 1 aromatic rings. The summed E-state index contributed by atoms with van der Waals surface area (Å²) in [5, 5.41) is 17.1. The van der Waals surface area contributed by atoms with E-state index < -0.39 is 0 Å². The van der Waals surface area contributed by atoms with Gasteiger partial charge in [-0.3, -0.25) is 0 Å². The van der Waals surface area contributed by atoms with Crippen molar-refractivity contribution < 1.29 is 0 Å². The first-order valence-corrected chi connectivity index (χ1v) is 3.88. The van der Waals surface area contributed by atoms with Gasteiger partial charge in [-0.05, 0) is 17.7 Å². The SMILES string of the molecule is N#C/C(N)=C(C#N)\C=C\c1cc[nH]c1. The van der Waals surface area contributed by atoms with E-state index in [4.69, 9.17) is 16.3 Å². The van der Waals surface area contributed by atoms with Crippen LogP contribution < -0.4 is 5.73 Å². The maximum atomic E-state index is 8.66. The predicted octanol–water partition coefficient (Wildman–Crippen LogP) is 1.29. The third-order valence-electron chi connectivity index (χ3n) is 1.60. The summed E-state index contributed by atoms with van der Waals surface area (Å²) >= 11 is 0. The Bertz CT molecular complexity index is 437. The molecule has 0 aromatic carbocycles. The standard InChI is InChI=1S/C10H8N4/c11-5-9(10(13)6-12)2-1-8-3-4-14-7-8/h1-4,7,14H,13H2/b2-1+,10-9-. The van der Waals surface area contributed by atoms with Gasteiger partial charge in [-0.15, -0.1) is 0 Å². The Morgan fingerprint density at radius 3 is 2.71 bits per heavy atom. The predicted molar refractivity (Wildman–Crippen MR) is 52.3 cm³/mol. The summed E-state index contributed by atoms with van der Waals surface area (Å²) in [5.41, 5.74) is 6.33. The van der Waals surface area contributed by atoms with Gasteiger partial charge in [0.05, 0.1) is 5.57 Å². The fourth-order valence-electron chi connectivity index (χ4n) is 0.868. The second kappa shape index (κ2) is 4.54. The molecule has 1 aromatic heterocycles. The van der Waals surface area contributed by atoms with Crippen LogP contribution in [0.5, 0.6) is 0 Å². The fourth-order valence-corrected chi connectivity index (χ4v) is 0.868. The molecule has 0 aliphatic carbocycles. The molecule has 0 bridgehead atoms. The summed E-state index contributed by atoms with van der Waals surface area (Å²) in [5.74, 6) is 0. The topological polar surface area (TPSA) is 89.4 Å². The molecule has 0 saturated carbocycles. The number of H-pyrrole nitrogens is 1. The summed E-state index contributed by atoms with van der Waals surface area (Å²) in [6.45, 7) is 0. The number of aromatic amines is 1. The van der Waals surface area contributed by atoms with Gasteiger partial charge in [0.15, 0.2) is 0 Å². The smallest absolute Gasteiger partial charge is 0.128 e. The number of nitrogens with two attached hydrogens (primary N) is 1. The zero-order valence-electron chi connectivity index (χ0n) is 7.36. The molecule has 0 aliphatic heterocycles. The van der Waals surface area contributed by atoms with Gasteiger partial charge in [-0.2, -0.15) is 10.5 Å². The Hall–Kier alpha value is -2.46. The number of hydrogen-bond donors (Lipinski definition) is 2. The molecule has 0 atom stereocenters. The van der Waals surface area contributed by atoms with Crippen LogP contribution in [-0.4, -0.2) is 4.98 Å². The number of nitrogens with zero attached hydrogens (tertiary/aromatic N) is 2. The van der Waals surface area contributed by atoms with E-state index >= 15 is 0 Å². The van der Waals surface area contributed by atoms with Gasteiger partial charge in [0, 0.05) is 12.4 Å². The van der Waals surface area contributed by atoms with E-state index in [-0.39, 0.29) is 11.3 Å². The van der Waals surface area contributed by atoms with Crippen LogP contribution >= 0.6 is 0 Å². The average Bonchev–Trinajstić information content (AvgIpc) is 2.71. The monoisotopic (exact) mass is 184 g/mol. The lowest BCUT2D eigenvalue weighted by atomic mass is 10.2. The molecule has 1 rings (SSSR count). The van der Waals surface area contributed by atoms with Crippen LogP contribution in [0, 0.1) is 22.7 Å². The lowest BCUT2D eigenvalue weighted by molar-refractivity contribution is 1.35. The number of nitrogens with one attached hydrogen (secondary N) is 1. The minimum atomic E-state index is -0.0701. The van der Waals surface area contributed by atoms with Crippen LogP contribution in [0.1, 0.15) is 5.56 Å². The molecule has 0 fully saturated rings. The third-order valence-corrected chi connectivity index (χ3v) is 1.60. The summed E-state index contributed by atoms with van der Waals surface area (Å²) in [7, 11) is 0. The molecule has 1 heterocycles. The Morgan fingerprint density at radius 1 is 1.43 bits per heavy atom. The van der Waals surface area contributed by atoms with E-state index in [1.54, 1.807) is 24.5 Å². The number of allylic oxidation sites excluding steroid dienone is 3. The van der Waals surface area contributed by atoms with Gasteiger partial charge in [-0.25, -0.2) is 0 Å². The quantitative estimate of drug-likeness (QED) is 0.536. The summed E-state index contributed by atoms with van der Waals surface area (Å²) < 4.78 is 0. The van der Waals surface area contributed by atoms with Crippen molar-refractivity contribution in [1.29, 1.82) is 10.5 Å². The van der Waals surface area contributed by atoms with Gasteiger partial charge < -0.3 is 10.7 Å². The van der Waals surface area contributed by atoms with Crippen molar-refractivity contribution in [2.45, 2.75) is 0 Å². The molecular formula is C10H8N4. The maximum absolute atomic E-state index is 8.66. The zero-order chi connectivity index (χ0) is 10.4. The van der Waals surface area contributed by atoms with E-state index in [0.29, 0.717) is 0 Å². The Kier molecular flexibility index (Phi) is 3.12. The summed E-state index contributed by atoms with van der Waals surface area (Å²) in [4.78, 5) is 2.87. The van der Waals surface area contributed by atoms with E-state index in [0.717, 1.165) is 5.56 Å². The minimum Gasteiger partial charge on any atom is -0.389 e. The van der Waals surface area contributed by atoms with Crippen molar-refractivity contribution in [3.05, 3.63) is 41.4 Å². The lowest BCUT2D eigenvalue weighted by Crippen LogP contribution is -1.96. The second-order valence-corrected chi connectivity index (χ2v) is 2.53. The molecule has 3 N–H and O–H groups in total. The molecule has 14 heavy (non-hydrogen) atoms. The highest BCUT2D eigenvalue weighted by molar-refractivity contribution is 5.56. The summed E-state index contributed by atoms with van der Waals surface area (Å²) in [6.07, 6.45) is 6.76. The number of nitriles is 2. The van der Waals surface area contributed by atoms with E-state index in [1.807, 2.05) is 12.1 Å². The van der Waals surface area contributed by atoms with Crippen LogP contribution in [0.3, 0.4) is 0 Å². The van der Waals surface area contributed by atoms with Crippen LogP contribution in [-0.2, 0) is 0 Å². The van der Waals surface area contributed by atoms with E-state index in [9.17, 15) is 0 Å². The highest BCUT2D eigenvalue weighted by Crippen LogP contribution is 2.05. The van der Waals surface area contributed by atoms with Crippen molar-refractivity contribution in [2.75, 3.05) is 0 Å². The highest BCUT2D eigenvalue weighted by Gasteiger charge is 1.96. The molecule has 0 amide bonds. The van der Waals surface area contributed by atoms with Crippen LogP contribution in [0.2, 0.25) is 0 Å². The first kappa shape index (κ1) is 9.63. The second-order valence-electron chi connectivity index (χ2n) is 2.53. The molecule has 0 spiro atoms. The average molecular weight is 184 g/mol. The van der Waals surface area contributed by atoms with Crippen molar-refractivity contribution >= 4 is 6.08 Å². The van der Waals surface area contributed by atoms with Gasteiger partial charge in [0.2, 0.25) is 0 Å². The van der Waals surface area contributed by atoms with Crippen LogP contribution in [0.4, 0.5) is 0 Å². The molecule has 68 valence electrons. The van der Waals surface area contributed by atoms with E-state index in [2.05, 4.69) is 4.98 Å². The minimum absolute atomic E-state index is 0.0701. The molecule has 4 heteroatoms. The van der Waals surface area contributed by atoms with Gasteiger partial charge in [-0.1, -0.05) is 6.08 Å². The highest BCUT2D eigenvalue weighted by atomic mass is 14.6. The van der Waals surface area contributed by atoms with Crippen molar-refractivity contribution in [3.8, 4) is 12.1 Å². The van der Waals surface area contributed by atoms with Gasteiger partial charge in [0.1, 0.15) is 17.8 Å².